The Morgan fingerprint density at radius 3 is 2.75 bits per heavy atom. The van der Waals surface area contributed by atoms with Crippen molar-refractivity contribution in [2.45, 2.75) is 44.4 Å². The summed E-state index contributed by atoms with van der Waals surface area (Å²) >= 11 is 3.31. The first kappa shape index (κ1) is 20.8. The first-order chi connectivity index (χ1) is 13.4. The standard InChI is InChI=1S/C22H26N2O2S2/c1-14(2)27-18-8-6-7-17(13-18)21(25)23-22-24(9-10-26-5)19-12-15(3)11-16(4)20(19)28-22/h6-8,11-14H,9-10H2,1-5H3. The Morgan fingerprint density at radius 1 is 1.25 bits per heavy atom. The van der Waals surface area contributed by atoms with E-state index < -0.39 is 0 Å². The number of amides is 1. The third-order valence-corrected chi connectivity index (χ3v) is 6.51. The molecule has 2 aromatic carbocycles. The molecule has 0 atom stereocenters. The fraction of sp³-hybridized carbons (Fsp3) is 0.364. The van der Waals surface area contributed by atoms with E-state index in [0.29, 0.717) is 28.8 Å². The highest BCUT2D eigenvalue weighted by atomic mass is 32.2. The van der Waals surface area contributed by atoms with Gasteiger partial charge in [0.1, 0.15) is 0 Å². The van der Waals surface area contributed by atoms with Gasteiger partial charge < -0.3 is 9.30 Å². The highest BCUT2D eigenvalue weighted by molar-refractivity contribution is 7.99. The molecular formula is C22H26N2O2S2. The number of hydrogen-bond donors (Lipinski definition) is 0. The number of ether oxygens (including phenoxy) is 1. The zero-order valence-electron chi connectivity index (χ0n) is 17.0. The molecule has 0 unspecified atom stereocenters. The van der Waals surface area contributed by atoms with Crippen LogP contribution in [0.1, 0.15) is 35.3 Å². The summed E-state index contributed by atoms with van der Waals surface area (Å²) in [6.07, 6.45) is 0. The molecule has 0 aliphatic heterocycles. The molecule has 3 aromatic rings. The molecule has 0 bridgehead atoms. The summed E-state index contributed by atoms with van der Waals surface area (Å²) in [5.74, 6) is -0.210. The van der Waals surface area contributed by atoms with Crippen LogP contribution in [0, 0.1) is 13.8 Å². The number of carbonyl (C=O) groups is 1. The maximum Gasteiger partial charge on any atom is 0.279 e. The Balaban J connectivity index is 2.07. The minimum atomic E-state index is -0.210. The molecule has 28 heavy (non-hydrogen) atoms. The average Bonchev–Trinajstić information content (AvgIpc) is 2.97. The Kier molecular flexibility index (Phi) is 6.75. The number of methoxy groups -OCH3 is 1. The fourth-order valence-electron chi connectivity index (χ4n) is 3.12. The van der Waals surface area contributed by atoms with E-state index in [-0.39, 0.29) is 5.91 Å². The van der Waals surface area contributed by atoms with Gasteiger partial charge in [-0.1, -0.05) is 37.3 Å². The molecule has 1 amide bonds. The number of fused-ring (bicyclic) bond motifs is 1. The molecule has 0 N–H and O–H groups in total. The quantitative estimate of drug-likeness (QED) is 0.520. The van der Waals surface area contributed by atoms with Crippen molar-refractivity contribution in [3.63, 3.8) is 0 Å². The summed E-state index contributed by atoms with van der Waals surface area (Å²) in [5.41, 5.74) is 4.13. The summed E-state index contributed by atoms with van der Waals surface area (Å²) < 4.78 is 8.53. The van der Waals surface area contributed by atoms with Gasteiger partial charge in [-0.25, -0.2) is 0 Å². The monoisotopic (exact) mass is 414 g/mol. The number of thiazole rings is 1. The van der Waals surface area contributed by atoms with Gasteiger partial charge in [0.05, 0.1) is 16.8 Å². The Hall–Kier alpha value is -1.89. The normalized spacial score (nSPS) is 12.3. The second-order valence-electron chi connectivity index (χ2n) is 7.07. The molecule has 0 aliphatic carbocycles. The van der Waals surface area contributed by atoms with E-state index in [1.807, 2.05) is 24.3 Å². The Labute approximate surface area is 174 Å². The van der Waals surface area contributed by atoms with Crippen molar-refractivity contribution < 1.29 is 9.53 Å². The lowest BCUT2D eigenvalue weighted by Crippen LogP contribution is -2.19. The lowest BCUT2D eigenvalue weighted by atomic mass is 10.1. The number of rotatable bonds is 6. The number of carbonyl (C=O) groups excluding carboxylic acids is 1. The molecule has 1 aromatic heterocycles. The molecule has 0 spiro atoms. The maximum atomic E-state index is 12.9. The molecule has 0 aliphatic rings. The van der Waals surface area contributed by atoms with Crippen LogP contribution in [0.2, 0.25) is 0 Å². The van der Waals surface area contributed by atoms with Crippen LogP contribution in [0.3, 0.4) is 0 Å². The van der Waals surface area contributed by atoms with Gasteiger partial charge in [-0.15, -0.1) is 11.8 Å². The molecule has 0 saturated carbocycles. The van der Waals surface area contributed by atoms with Crippen molar-refractivity contribution >= 4 is 39.2 Å². The van der Waals surface area contributed by atoms with E-state index in [9.17, 15) is 4.79 Å². The van der Waals surface area contributed by atoms with Crippen molar-refractivity contribution in [1.82, 2.24) is 4.57 Å². The molecule has 0 fully saturated rings. The van der Waals surface area contributed by atoms with Crippen LogP contribution in [0.5, 0.6) is 0 Å². The fourth-order valence-corrected chi connectivity index (χ4v) is 5.12. The van der Waals surface area contributed by atoms with Crippen molar-refractivity contribution in [2.24, 2.45) is 4.99 Å². The van der Waals surface area contributed by atoms with Crippen molar-refractivity contribution in [2.75, 3.05) is 13.7 Å². The number of aromatic nitrogens is 1. The summed E-state index contributed by atoms with van der Waals surface area (Å²) in [6.45, 7) is 9.71. The molecule has 6 heteroatoms. The highest BCUT2D eigenvalue weighted by Gasteiger charge is 2.12. The Bertz CT molecular complexity index is 1060. The smallest absolute Gasteiger partial charge is 0.279 e. The number of hydrogen-bond acceptors (Lipinski definition) is 4. The van der Waals surface area contributed by atoms with Crippen LogP contribution in [0.25, 0.3) is 10.2 Å². The van der Waals surface area contributed by atoms with E-state index in [1.165, 1.54) is 11.1 Å². The maximum absolute atomic E-state index is 12.9. The van der Waals surface area contributed by atoms with Gasteiger partial charge in [0.15, 0.2) is 4.80 Å². The predicted octanol–water partition coefficient (Wildman–Crippen LogP) is 5.21. The molecule has 3 rings (SSSR count). The van der Waals surface area contributed by atoms with Crippen molar-refractivity contribution in [1.29, 1.82) is 0 Å². The number of thioether (sulfide) groups is 1. The SMILES string of the molecule is COCCn1c(=NC(=O)c2cccc(SC(C)C)c2)sc2c(C)cc(C)cc21. The minimum absolute atomic E-state index is 0.210. The van der Waals surface area contributed by atoms with Crippen LogP contribution in [-0.4, -0.2) is 29.4 Å². The van der Waals surface area contributed by atoms with Gasteiger partial charge in [-0.05, 0) is 49.2 Å². The van der Waals surface area contributed by atoms with Crippen LogP contribution in [0.15, 0.2) is 46.3 Å². The molecule has 148 valence electrons. The third kappa shape index (κ3) is 4.74. The summed E-state index contributed by atoms with van der Waals surface area (Å²) in [7, 11) is 1.69. The minimum Gasteiger partial charge on any atom is -0.383 e. The topological polar surface area (TPSA) is 43.6 Å². The number of aryl methyl sites for hydroxylation is 2. The predicted molar refractivity (Wildman–Crippen MR) is 118 cm³/mol. The zero-order valence-corrected chi connectivity index (χ0v) is 18.6. The lowest BCUT2D eigenvalue weighted by molar-refractivity contribution is 0.0997. The summed E-state index contributed by atoms with van der Waals surface area (Å²) in [6, 6.07) is 12.0. The summed E-state index contributed by atoms with van der Waals surface area (Å²) in [4.78, 5) is 19.2. The van der Waals surface area contributed by atoms with E-state index in [2.05, 4.69) is 49.4 Å². The molecule has 0 saturated heterocycles. The van der Waals surface area contributed by atoms with Gasteiger partial charge >= 0.3 is 0 Å². The largest absolute Gasteiger partial charge is 0.383 e. The van der Waals surface area contributed by atoms with Crippen LogP contribution < -0.4 is 4.80 Å². The summed E-state index contributed by atoms with van der Waals surface area (Å²) in [5, 5.41) is 0.465. The zero-order chi connectivity index (χ0) is 20.3. The molecule has 0 radical (unpaired) electrons. The van der Waals surface area contributed by atoms with E-state index in [1.54, 1.807) is 30.2 Å². The number of benzene rings is 2. The third-order valence-electron chi connectivity index (χ3n) is 4.28. The van der Waals surface area contributed by atoms with Crippen LogP contribution in [0.4, 0.5) is 0 Å². The van der Waals surface area contributed by atoms with Gasteiger partial charge in [0.2, 0.25) is 0 Å². The van der Waals surface area contributed by atoms with Crippen molar-refractivity contribution in [3.8, 4) is 0 Å². The average molecular weight is 415 g/mol. The van der Waals surface area contributed by atoms with E-state index in [4.69, 9.17) is 4.74 Å². The van der Waals surface area contributed by atoms with Gasteiger partial charge in [0.25, 0.3) is 5.91 Å². The van der Waals surface area contributed by atoms with Gasteiger partial charge in [0, 0.05) is 29.4 Å². The lowest BCUT2D eigenvalue weighted by Gasteiger charge is -2.06. The van der Waals surface area contributed by atoms with Gasteiger partial charge in [-0.3, -0.25) is 4.79 Å². The van der Waals surface area contributed by atoms with E-state index >= 15 is 0 Å². The first-order valence-electron chi connectivity index (χ1n) is 9.34. The van der Waals surface area contributed by atoms with E-state index in [0.717, 1.165) is 15.1 Å². The second-order valence-corrected chi connectivity index (χ2v) is 9.70. The number of nitrogens with zero attached hydrogens (tertiary/aromatic N) is 2. The Morgan fingerprint density at radius 2 is 2.04 bits per heavy atom. The molecule has 1 heterocycles. The van der Waals surface area contributed by atoms with Crippen LogP contribution >= 0.6 is 23.1 Å². The second kappa shape index (κ2) is 9.07. The first-order valence-corrected chi connectivity index (χ1v) is 11.0. The highest BCUT2D eigenvalue weighted by Crippen LogP contribution is 2.25. The molecular weight excluding hydrogens is 388 g/mol. The van der Waals surface area contributed by atoms with Gasteiger partial charge in [-0.2, -0.15) is 4.99 Å². The van der Waals surface area contributed by atoms with Crippen molar-refractivity contribution in [3.05, 3.63) is 57.9 Å². The van der Waals surface area contributed by atoms with Crippen LogP contribution in [-0.2, 0) is 11.3 Å². The molecule has 4 nitrogen and oxygen atoms in total.